The van der Waals surface area contributed by atoms with Gasteiger partial charge in [0.15, 0.2) is 5.82 Å². The summed E-state index contributed by atoms with van der Waals surface area (Å²) in [5.41, 5.74) is 7.32. The first-order valence-electron chi connectivity index (χ1n) is 20.7. The zero-order chi connectivity index (χ0) is 41.2. The Morgan fingerprint density at radius 2 is 1.72 bits per heavy atom. The molecule has 0 spiro atoms. The predicted molar refractivity (Wildman–Crippen MR) is 225 cm³/mol. The number of rotatable bonds is 12. The summed E-state index contributed by atoms with van der Waals surface area (Å²) >= 11 is 0. The van der Waals surface area contributed by atoms with Crippen molar-refractivity contribution in [2.45, 2.75) is 57.0 Å². The van der Waals surface area contributed by atoms with Crippen molar-refractivity contribution < 1.29 is 27.9 Å². The van der Waals surface area contributed by atoms with Gasteiger partial charge in [0.25, 0.3) is 5.91 Å². The number of hydrogen-bond acceptors (Lipinski definition) is 9. The highest BCUT2D eigenvalue weighted by molar-refractivity contribution is 6.11. The fourth-order valence-corrected chi connectivity index (χ4v) is 8.74. The Balaban J connectivity index is 0.845. The maximum absolute atomic E-state index is 14.0. The smallest absolute Gasteiger partial charge is 0.258 e. The van der Waals surface area contributed by atoms with E-state index in [9.17, 15) is 23.2 Å². The van der Waals surface area contributed by atoms with E-state index in [1.807, 2.05) is 47.0 Å². The van der Waals surface area contributed by atoms with Gasteiger partial charge >= 0.3 is 0 Å². The number of anilines is 3. The van der Waals surface area contributed by atoms with Gasteiger partial charge in [-0.2, -0.15) is 5.10 Å². The van der Waals surface area contributed by atoms with E-state index in [0.29, 0.717) is 54.8 Å². The number of aromatic amines is 1. The van der Waals surface area contributed by atoms with Gasteiger partial charge in [0.2, 0.25) is 11.8 Å². The summed E-state index contributed by atoms with van der Waals surface area (Å²) in [5.74, 6) is -1.69. The van der Waals surface area contributed by atoms with Crippen molar-refractivity contribution in [2.24, 2.45) is 0 Å². The molecule has 13 nitrogen and oxygen atoms in total. The summed E-state index contributed by atoms with van der Waals surface area (Å²) in [7, 11) is 0. The zero-order valence-electron chi connectivity index (χ0n) is 33.2. The number of nitrogens with one attached hydrogen (secondary N) is 4. The van der Waals surface area contributed by atoms with Crippen molar-refractivity contribution in [1.29, 1.82) is 0 Å². The lowest BCUT2D eigenvalue weighted by Gasteiger charge is -2.36. The summed E-state index contributed by atoms with van der Waals surface area (Å²) in [5, 5.41) is 17.2. The second-order valence-corrected chi connectivity index (χ2v) is 16.0. The van der Waals surface area contributed by atoms with Crippen LogP contribution in [-0.2, 0) is 27.2 Å². The lowest BCUT2D eigenvalue weighted by Crippen LogP contribution is -2.46. The molecule has 4 N–H and O–H groups in total. The van der Waals surface area contributed by atoms with E-state index in [2.05, 4.69) is 53.1 Å². The molecule has 1 atom stereocenters. The lowest BCUT2D eigenvalue weighted by molar-refractivity contribution is -0.135. The Morgan fingerprint density at radius 3 is 2.52 bits per heavy atom. The number of fused-ring (bicyclic) bond motifs is 2. The molecule has 4 aromatic carbocycles. The minimum Gasteiger partial charge on any atom is -0.381 e. The first-order valence-corrected chi connectivity index (χ1v) is 20.7. The van der Waals surface area contributed by atoms with Gasteiger partial charge in [0.05, 0.1) is 28.4 Å². The molecule has 60 heavy (non-hydrogen) atoms. The Morgan fingerprint density at radius 1 is 0.900 bits per heavy atom. The normalized spacial score (nSPS) is 18.0. The Hall–Kier alpha value is -6.19. The van der Waals surface area contributed by atoms with Crippen molar-refractivity contribution >= 4 is 56.9 Å². The summed E-state index contributed by atoms with van der Waals surface area (Å²) in [4.78, 5) is 47.8. The minimum absolute atomic E-state index is 0.163. The number of H-pyrrole nitrogens is 1. The molecule has 6 aromatic rings. The number of piperidine rings is 1. The summed E-state index contributed by atoms with van der Waals surface area (Å²) in [6, 6.07) is 20.9. The van der Waals surface area contributed by atoms with Gasteiger partial charge in [0.1, 0.15) is 17.7 Å². The second kappa shape index (κ2) is 17.2. The van der Waals surface area contributed by atoms with Crippen LogP contribution in [0.5, 0.6) is 0 Å². The molecule has 15 heteroatoms. The topological polar surface area (TPSA) is 150 Å². The van der Waals surface area contributed by atoms with Crippen molar-refractivity contribution in [3.63, 3.8) is 0 Å². The number of hydrogen-bond donors (Lipinski definition) is 4. The fraction of sp³-hybridized carbons (Fsp3) is 0.356. The SMILES string of the molecule is O=C1CCC(n2cnc3c(CCCN4CCN(c5ccc(C(=O)Nc6n[nH]c7ccc(Cc8cc(F)cc(F)c8)cc67)c(NC6CCOCC6)c5)CC4)cccc32)C(=O)N1. The zero-order valence-corrected chi connectivity index (χ0v) is 33.2. The van der Waals surface area contributed by atoms with E-state index in [1.165, 1.54) is 12.1 Å². The van der Waals surface area contributed by atoms with Gasteiger partial charge in [0, 0.05) is 74.7 Å². The van der Waals surface area contributed by atoms with E-state index in [1.54, 1.807) is 6.33 Å². The number of imide groups is 1. The van der Waals surface area contributed by atoms with Crippen molar-refractivity contribution in [2.75, 3.05) is 61.5 Å². The summed E-state index contributed by atoms with van der Waals surface area (Å²) in [6.45, 7) is 5.76. The van der Waals surface area contributed by atoms with Gasteiger partial charge in [-0.1, -0.05) is 18.2 Å². The number of benzene rings is 4. The number of para-hydroxylation sites is 1. The van der Waals surface area contributed by atoms with Crippen LogP contribution in [0.1, 0.15) is 65.2 Å². The second-order valence-electron chi connectivity index (χ2n) is 16.0. The van der Waals surface area contributed by atoms with Crippen LogP contribution in [0.15, 0.2) is 79.1 Å². The van der Waals surface area contributed by atoms with Gasteiger partial charge in [-0.05, 0) is 110 Å². The Bertz CT molecular complexity index is 2540. The van der Waals surface area contributed by atoms with Crippen LogP contribution in [0.4, 0.5) is 26.0 Å². The molecule has 1 unspecified atom stereocenters. The van der Waals surface area contributed by atoms with Gasteiger partial charge < -0.3 is 24.8 Å². The lowest BCUT2D eigenvalue weighted by atomic mass is 10.0. The molecule has 310 valence electrons. The molecule has 0 radical (unpaired) electrons. The number of carbonyl (C=O) groups excluding carboxylic acids is 3. The highest BCUT2D eigenvalue weighted by Gasteiger charge is 2.29. The first-order chi connectivity index (χ1) is 29.2. The highest BCUT2D eigenvalue weighted by atomic mass is 19.1. The van der Waals surface area contributed by atoms with E-state index in [4.69, 9.17) is 4.74 Å². The summed E-state index contributed by atoms with van der Waals surface area (Å²) in [6.07, 6.45) is 6.32. The molecule has 0 saturated carbocycles. The maximum Gasteiger partial charge on any atom is 0.258 e. The third-order valence-corrected chi connectivity index (χ3v) is 11.9. The number of aromatic nitrogens is 4. The number of carbonyl (C=O) groups is 3. The number of imidazole rings is 1. The summed E-state index contributed by atoms with van der Waals surface area (Å²) < 4.78 is 35.3. The largest absolute Gasteiger partial charge is 0.381 e. The van der Waals surface area contributed by atoms with E-state index in [-0.39, 0.29) is 23.8 Å². The fourth-order valence-electron chi connectivity index (χ4n) is 8.74. The molecular weight excluding hydrogens is 769 g/mol. The van der Waals surface area contributed by atoms with Crippen LogP contribution in [0, 0.1) is 11.6 Å². The number of nitrogens with zero attached hydrogens (tertiary/aromatic N) is 5. The van der Waals surface area contributed by atoms with Crippen molar-refractivity contribution in [3.8, 4) is 0 Å². The molecule has 5 heterocycles. The molecule has 9 rings (SSSR count). The number of ether oxygens (including phenoxy) is 1. The van der Waals surface area contributed by atoms with Gasteiger partial charge in [-0.3, -0.25) is 29.7 Å². The first kappa shape index (κ1) is 39.3. The third kappa shape index (κ3) is 8.59. The van der Waals surface area contributed by atoms with Crippen LogP contribution in [0.25, 0.3) is 21.9 Å². The van der Waals surface area contributed by atoms with E-state index < -0.39 is 17.7 Å². The number of halogens is 2. The standard InChI is InChI=1S/C45H47F2N9O4/c46-31-22-29(23-32(47)25-31)21-28-6-9-37-36(24-28)43(53-52-37)51-44(58)35-8-7-34(26-38(35)49-33-12-19-60-20-13-33)55-17-15-54(16-18-55)14-2-4-30-3-1-5-39-42(30)48-27-56(39)40-10-11-41(57)50-45(40)59/h1,3,5-9,22-27,33,40,49H,2,4,10-21H2,(H,50,57,59)(H2,51,52,53,58). The Kier molecular flexibility index (Phi) is 11.3. The maximum atomic E-state index is 14.0. The monoisotopic (exact) mass is 815 g/mol. The molecule has 0 aliphatic carbocycles. The van der Waals surface area contributed by atoms with Crippen molar-refractivity contribution in [1.82, 2.24) is 30.0 Å². The average Bonchev–Trinajstić information content (AvgIpc) is 3.85. The molecule has 3 fully saturated rings. The number of aryl methyl sites for hydroxylation is 1. The Labute approximate surface area is 345 Å². The van der Waals surface area contributed by atoms with Crippen molar-refractivity contribution in [3.05, 3.63) is 113 Å². The predicted octanol–water partition coefficient (Wildman–Crippen LogP) is 6.36. The van der Waals surface area contributed by atoms with Gasteiger partial charge in [-0.15, -0.1) is 0 Å². The number of piperazine rings is 1. The quantitative estimate of drug-likeness (QED) is 0.104. The highest BCUT2D eigenvalue weighted by Crippen LogP contribution is 2.31. The molecule has 2 aromatic heterocycles. The van der Waals surface area contributed by atoms with Crippen LogP contribution in [0.3, 0.4) is 0 Å². The number of amides is 3. The van der Waals surface area contributed by atoms with E-state index >= 15 is 0 Å². The molecule has 3 aliphatic heterocycles. The molecule has 3 aliphatic rings. The molecule has 0 bridgehead atoms. The van der Waals surface area contributed by atoms with Crippen LogP contribution in [0.2, 0.25) is 0 Å². The van der Waals surface area contributed by atoms with Gasteiger partial charge in [-0.25, -0.2) is 13.8 Å². The molecule has 3 saturated heterocycles. The van der Waals surface area contributed by atoms with Crippen LogP contribution >= 0.6 is 0 Å². The van der Waals surface area contributed by atoms with Crippen LogP contribution in [-0.4, -0.2) is 94.3 Å². The minimum atomic E-state index is -0.626. The molecule has 3 amide bonds. The van der Waals surface area contributed by atoms with Crippen LogP contribution < -0.4 is 20.9 Å². The van der Waals surface area contributed by atoms with E-state index in [0.717, 1.165) is 104 Å². The average molecular weight is 816 g/mol. The third-order valence-electron chi connectivity index (χ3n) is 11.9. The molecular formula is C45H47F2N9O4.